The highest BCUT2D eigenvalue weighted by molar-refractivity contribution is 5.43. The topological polar surface area (TPSA) is 20.2 Å². The van der Waals surface area contributed by atoms with Gasteiger partial charge in [0.25, 0.3) is 0 Å². The van der Waals surface area contributed by atoms with E-state index in [-0.39, 0.29) is 0 Å². The van der Waals surface area contributed by atoms with Gasteiger partial charge in [0.2, 0.25) is 0 Å². The normalized spacial score (nSPS) is 89.7. The van der Waals surface area contributed by atoms with Crippen LogP contribution in [-0.4, -0.2) is 11.7 Å². The summed E-state index contributed by atoms with van der Waals surface area (Å²) >= 11 is 0. The lowest BCUT2D eigenvalue weighted by Crippen LogP contribution is -2.11. The maximum Gasteiger partial charge on any atom is 0.0496 e. The predicted octanol–water partition coefficient (Wildman–Crippen LogP) is 0.737. The van der Waals surface area contributed by atoms with E-state index in [0.29, 0.717) is 12.0 Å². The highest BCUT2D eigenvalue weighted by Gasteiger charge is 2.97. The second kappa shape index (κ2) is 0.953. The zero-order valence-corrected chi connectivity index (χ0v) is 6.40. The Morgan fingerprint density at radius 2 is 1.73 bits per heavy atom. The Morgan fingerprint density at radius 3 is 2.00 bits per heavy atom. The highest BCUT2D eigenvalue weighted by Crippen LogP contribution is 2.99. The summed E-state index contributed by atoms with van der Waals surface area (Å²) in [4.78, 5) is 0. The van der Waals surface area contributed by atoms with Crippen molar-refractivity contribution in [3.05, 3.63) is 0 Å². The molecule has 6 aliphatic carbocycles. The summed E-state index contributed by atoms with van der Waals surface area (Å²) in [5.41, 5.74) is 0.545. The molecular formula is C10H12O. The second-order valence-corrected chi connectivity index (χ2v) is 5.57. The molecule has 1 nitrogen and oxygen atoms in total. The zero-order valence-electron chi connectivity index (χ0n) is 6.40. The van der Waals surface area contributed by atoms with Crippen molar-refractivity contribution in [2.45, 2.75) is 6.42 Å². The Hall–Kier alpha value is -0.0400. The Kier molecular flexibility index (Phi) is 0.421. The van der Waals surface area contributed by atoms with Crippen molar-refractivity contribution in [2.24, 2.45) is 46.8 Å². The van der Waals surface area contributed by atoms with Gasteiger partial charge in [-0.1, -0.05) is 0 Å². The summed E-state index contributed by atoms with van der Waals surface area (Å²) in [7, 11) is 0. The van der Waals surface area contributed by atoms with E-state index in [2.05, 4.69) is 0 Å². The van der Waals surface area contributed by atoms with Gasteiger partial charge in [0, 0.05) is 12.0 Å². The van der Waals surface area contributed by atoms with Crippen LogP contribution in [-0.2, 0) is 0 Å². The average molecular weight is 148 g/mol. The fourth-order valence-electron chi connectivity index (χ4n) is 6.19. The highest BCUT2D eigenvalue weighted by atomic mass is 16.3. The minimum Gasteiger partial charge on any atom is -0.396 e. The number of hydrogen-bond donors (Lipinski definition) is 1. The quantitative estimate of drug-likeness (QED) is 0.581. The van der Waals surface area contributed by atoms with Crippen LogP contribution in [0, 0.1) is 46.8 Å². The summed E-state index contributed by atoms with van der Waals surface area (Å²) < 4.78 is 0. The van der Waals surface area contributed by atoms with Gasteiger partial charge in [-0.25, -0.2) is 0 Å². The van der Waals surface area contributed by atoms with E-state index in [4.69, 9.17) is 0 Å². The van der Waals surface area contributed by atoms with Crippen LogP contribution in [0.15, 0.2) is 0 Å². The Morgan fingerprint density at radius 1 is 1.09 bits per heavy atom. The molecule has 8 atom stereocenters. The van der Waals surface area contributed by atoms with E-state index in [0.717, 1.165) is 41.4 Å². The molecule has 1 N–H and O–H groups in total. The van der Waals surface area contributed by atoms with Crippen LogP contribution in [0.4, 0.5) is 0 Å². The van der Waals surface area contributed by atoms with Crippen molar-refractivity contribution in [3.63, 3.8) is 0 Å². The van der Waals surface area contributed by atoms with Crippen molar-refractivity contribution in [1.29, 1.82) is 0 Å². The molecule has 6 fully saturated rings. The number of rotatable bonds is 1. The predicted molar refractivity (Wildman–Crippen MR) is 38.6 cm³/mol. The first-order valence-electron chi connectivity index (χ1n) is 5.02. The third-order valence-corrected chi connectivity index (χ3v) is 6.00. The van der Waals surface area contributed by atoms with Crippen molar-refractivity contribution in [2.75, 3.05) is 6.61 Å². The summed E-state index contributed by atoms with van der Waals surface area (Å²) in [5.74, 6) is 7.55. The molecule has 0 saturated heterocycles. The molecule has 0 spiro atoms. The number of aliphatic hydroxyl groups is 1. The van der Waals surface area contributed by atoms with E-state index in [1.807, 2.05) is 0 Å². The van der Waals surface area contributed by atoms with Gasteiger partial charge < -0.3 is 5.11 Å². The Labute approximate surface area is 65.8 Å². The molecule has 0 amide bonds. The minimum absolute atomic E-state index is 0.535. The second-order valence-electron chi connectivity index (χ2n) is 5.57. The molecule has 2 bridgehead atoms. The lowest BCUT2D eigenvalue weighted by atomic mass is 10.00. The van der Waals surface area contributed by atoms with E-state index < -0.39 is 0 Å². The molecule has 0 aromatic heterocycles. The monoisotopic (exact) mass is 148 g/mol. The fraction of sp³-hybridized carbons (Fsp3) is 1.00. The van der Waals surface area contributed by atoms with Gasteiger partial charge in [0.15, 0.2) is 0 Å². The lowest BCUT2D eigenvalue weighted by molar-refractivity contribution is 0.181. The minimum atomic E-state index is 0.535. The van der Waals surface area contributed by atoms with Crippen LogP contribution < -0.4 is 0 Å². The van der Waals surface area contributed by atoms with Gasteiger partial charge in [-0.2, -0.15) is 0 Å². The van der Waals surface area contributed by atoms with E-state index >= 15 is 0 Å². The van der Waals surface area contributed by atoms with Crippen LogP contribution in [0.2, 0.25) is 0 Å². The molecule has 6 aliphatic rings. The molecule has 58 valence electrons. The smallest absolute Gasteiger partial charge is 0.0496 e. The van der Waals surface area contributed by atoms with Crippen LogP contribution in [0.5, 0.6) is 0 Å². The number of hydrogen-bond acceptors (Lipinski definition) is 1. The first-order chi connectivity index (χ1) is 5.41. The molecule has 0 heterocycles. The maximum atomic E-state index is 9.40. The molecule has 0 radical (unpaired) electrons. The van der Waals surface area contributed by atoms with Crippen LogP contribution >= 0.6 is 0 Å². The number of aliphatic hydroxyl groups excluding tert-OH is 1. The van der Waals surface area contributed by atoms with Crippen molar-refractivity contribution >= 4 is 0 Å². The fourth-order valence-corrected chi connectivity index (χ4v) is 6.19. The van der Waals surface area contributed by atoms with Crippen molar-refractivity contribution < 1.29 is 5.11 Å². The molecule has 2 unspecified atom stereocenters. The van der Waals surface area contributed by atoms with E-state index in [1.54, 1.807) is 6.42 Å². The summed E-state index contributed by atoms with van der Waals surface area (Å²) in [5, 5.41) is 9.40. The summed E-state index contributed by atoms with van der Waals surface area (Å²) in [6, 6.07) is 0. The molecule has 6 rings (SSSR count). The molecule has 1 heteroatoms. The van der Waals surface area contributed by atoms with Gasteiger partial charge in [0.1, 0.15) is 0 Å². The zero-order chi connectivity index (χ0) is 6.96. The standard InChI is InChI=1S/C10H12O/c11-2-10-7-3-1-4(8(7)10)6-5(3)9(6)10/h3-9,11H,1-2H2/t3-,4+,5-,6+,7-,8-,9?,10?/m1/s1. The van der Waals surface area contributed by atoms with Gasteiger partial charge in [-0.05, 0) is 47.8 Å². The van der Waals surface area contributed by atoms with E-state index in [1.165, 1.54) is 0 Å². The lowest BCUT2D eigenvalue weighted by Gasteiger charge is -2.08. The first kappa shape index (κ1) is 4.86. The largest absolute Gasteiger partial charge is 0.396 e. The maximum absolute atomic E-state index is 9.40. The Bertz CT molecular complexity index is 257. The SMILES string of the molecule is OCC12C3[C@@H]4[C@H]5C[C@@H]([C@H]34)[C@@H]1[C@@H]52. The van der Waals surface area contributed by atoms with E-state index in [9.17, 15) is 5.11 Å². The van der Waals surface area contributed by atoms with Crippen LogP contribution in [0.25, 0.3) is 0 Å². The van der Waals surface area contributed by atoms with Crippen LogP contribution in [0.1, 0.15) is 6.42 Å². The summed E-state index contributed by atoms with van der Waals surface area (Å²) in [6.07, 6.45) is 1.56. The van der Waals surface area contributed by atoms with Gasteiger partial charge in [-0.3, -0.25) is 0 Å². The van der Waals surface area contributed by atoms with Crippen molar-refractivity contribution in [3.8, 4) is 0 Å². The molecular weight excluding hydrogens is 136 g/mol. The third kappa shape index (κ3) is 0.225. The molecule has 11 heavy (non-hydrogen) atoms. The van der Waals surface area contributed by atoms with Gasteiger partial charge >= 0.3 is 0 Å². The van der Waals surface area contributed by atoms with Gasteiger partial charge in [-0.15, -0.1) is 0 Å². The molecule has 0 aliphatic heterocycles. The molecule has 6 saturated carbocycles. The van der Waals surface area contributed by atoms with Gasteiger partial charge in [0.05, 0.1) is 0 Å². The molecule has 0 aromatic carbocycles. The molecule has 0 aromatic rings. The van der Waals surface area contributed by atoms with Crippen molar-refractivity contribution in [1.82, 2.24) is 0 Å². The first-order valence-corrected chi connectivity index (χ1v) is 5.02. The van der Waals surface area contributed by atoms with Crippen LogP contribution in [0.3, 0.4) is 0 Å². The third-order valence-electron chi connectivity index (χ3n) is 6.00. The summed E-state index contributed by atoms with van der Waals surface area (Å²) in [6.45, 7) is 0.535. The Balaban J connectivity index is 1.85. The average Bonchev–Trinajstić information content (AvgIpc) is 2.79.